The summed E-state index contributed by atoms with van der Waals surface area (Å²) in [4.78, 5) is 12.6. The number of ether oxygens (including phenoxy) is 4. The number of nitrogens with one attached hydrogen (secondary N) is 1. The predicted molar refractivity (Wildman–Crippen MR) is 155 cm³/mol. The molecule has 1 atom stereocenters. The molecular weight excluding hydrogens is 638 g/mol. The van der Waals surface area contributed by atoms with Gasteiger partial charge in [0.05, 0.1) is 18.8 Å². The van der Waals surface area contributed by atoms with Gasteiger partial charge in [-0.2, -0.15) is 0 Å². The first-order valence-electron chi connectivity index (χ1n) is 14.9. The molecule has 1 aromatic rings. The van der Waals surface area contributed by atoms with E-state index in [1.807, 2.05) is 0 Å². The first kappa shape index (κ1) is 36.1. The van der Waals surface area contributed by atoms with E-state index in [1.54, 1.807) is 40.7 Å². The summed E-state index contributed by atoms with van der Waals surface area (Å²) in [5.41, 5.74) is -1.94. The Hall–Kier alpha value is -1.13. The number of hydrogen-bond donors (Lipinski definition) is 1. The number of carbonyl (C=O) groups excluding carboxylic acids is 1. The van der Waals surface area contributed by atoms with Crippen molar-refractivity contribution >= 4 is 30.5 Å². The third-order valence-electron chi connectivity index (χ3n) is 7.20. The van der Waals surface area contributed by atoms with Crippen molar-refractivity contribution < 1.29 is 36.9 Å². The Kier molecular flexibility index (Phi) is 14.1. The van der Waals surface area contributed by atoms with Gasteiger partial charge in [-0.05, 0) is 47.5 Å². The molecule has 1 amide bonds. The van der Waals surface area contributed by atoms with E-state index >= 15 is 0 Å². The minimum atomic E-state index is -4.55. The van der Waals surface area contributed by atoms with Crippen molar-refractivity contribution in [3.63, 3.8) is 0 Å². The Balaban J connectivity index is 2.09. The Labute approximate surface area is 259 Å². The molecule has 6 nitrogen and oxygen atoms in total. The summed E-state index contributed by atoms with van der Waals surface area (Å²) in [6, 6.07) is 4.23. The molecule has 1 N–H and O–H groups in total. The van der Waals surface area contributed by atoms with E-state index in [-0.39, 0.29) is 32.0 Å². The zero-order valence-electron chi connectivity index (χ0n) is 25.8. The number of hydrogen-bond acceptors (Lipinski definition) is 5. The van der Waals surface area contributed by atoms with E-state index in [4.69, 9.17) is 18.9 Å². The van der Waals surface area contributed by atoms with E-state index in [1.165, 1.54) is 60.3 Å². The van der Waals surface area contributed by atoms with Gasteiger partial charge in [-0.15, -0.1) is 0 Å². The molecule has 1 unspecified atom stereocenters. The molecule has 2 radical (unpaired) electrons. The van der Waals surface area contributed by atoms with Crippen LogP contribution < -0.4 is 10.1 Å². The number of aryl methyl sites for hydroxylation is 1. The quantitative estimate of drug-likeness (QED) is 0.189. The molecule has 232 valence electrons. The van der Waals surface area contributed by atoms with Gasteiger partial charge >= 0.3 is 158 Å². The summed E-state index contributed by atoms with van der Waals surface area (Å²) in [7, 11) is 0. The van der Waals surface area contributed by atoms with Crippen molar-refractivity contribution in [2.24, 2.45) is 5.92 Å². The van der Waals surface area contributed by atoms with Gasteiger partial charge < -0.3 is 19.5 Å². The van der Waals surface area contributed by atoms with Crippen molar-refractivity contribution in [3.8, 4) is 5.75 Å². The molecule has 10 heteroatoms. The molecule has 1 aliphatic heterocycles. The van der Waals surface area contributed by atoms with Crippen LogP contribution in [0.2, 0.25) is 4.18 Å². The first-order valence-corrected chi connectivity index (χ1v) is 17.2. The number of unbranched alkanes of at least 4 members (excludes halogenated alkanes) is 1. The second-order valence-electron chi connectivity index (χ2n) is 12.6. The third-order valence-corrected chi connectivity index (χ3v) is 8.36. The summed E-state index contributed by atoms with van der Waals surface area (Å²) < 4.78 is 66.2. The molecule has 1 heterocycles. The molecule has 41 heavy (non-hydrogen) atoms. The number of alkyl halides is 3. The van der Waals surface area contributed by atoms with Crippen LogP contribution in [-0.2, 0) is 26.8 Å². The van der Waals surface area contributed by atoms with Crippen molar-refractivity contribution in [3.05, 3.63) is 29.3 Å². The second kappa shape index (κ2) is 16.1. The van der Waals surface area contributed by atoms with E-state index < -0.39 is 34.8 Å². The van der Waals surface area contributed by atoms with E-state index in [0.29, 0.717) is 17.9 Å². The Morgan fingerprint density at radius 1 is 1.07 bits per heavy atom. The predicted octanol–water partition coefficient (Wildman–Crippen LogP) is 8.02. The SMILES string of the molecule is CCCCC(CC[CH2][In])CCCOc1ccc(CCC2(NC(=O)OC(C)(C)C)COC(C)(C)OC2)cc1C(F)(F)F. The van der Waals surface area contributed by atoms with Gasteiger partial charge in [0.25, 0.3) is 0 Å². The molecule has 1 aliphatic rings. The molecule has 0 spiro atoms. The van der Waals surface area contributed by atoms with E-state index in [2.05, 4.69) is 12.2 Å². The van der Waals surface area contributed by atoms with Crippen molar-refractivity contribution in [1.82, 2.24) is 5.32 Å². The Morgan fingerprint density at radius 2 is 1.71 bits per heavy atom. The minimum absolute atomic E-state index is 0.141. The van der Waals surface area contributed by atoms with Crippen molar-refractivity contribution in [2.75, 3.05) is 19.8 Å². The molecule has 0 saturated carbocycles. The monoisotopic (exact) mass is 687 g/mol. The number of benzene rings is 1. The average molecular weight is 688 g/mol. The van der Waals surface area contributed by atoms with Gasteiger partial charge in [0.1, 0.15) is 5.60 Å². The summed E-state index contributed by atoms with van der Waals surface area (Å²) in [6.45, 7) is 11.6. The van der Waals surface area contributed by atoms with Crippen LogP contribution in [0, 0.1) is 5.92 Å². The zero-order chi connectivity index (χ0) is 30.7. The molecule has 1 saturated heterocycles. The van der Waals surface area contributed by atoms with Crippen LogP contribution >= 0.6 is 0 Å². The molecule has 0 aliphatic carbocycles. The normalized spacial score (nSPS) is 17.6. The van der Waals surface area contributed by atoms with Gasteiger partial charge in [0.2, 0.25) is 0 Å². The fraction of sp³-hybridized carbons (Fsp3) is 0.774. The molecule has 2 rings (SSSR count). The van der Waals surface area contributed by atoms with Gasteiger partial charge in [-0.3, -0.25) is 0 Å². The molecule has 1 fully saturated rings. The topological polar surface area (TPSA) is 66.0 Å². The number of amides is 1. The summed E-state index contributed by atoms with van der Waals surface area (Å²) >= 11 is 1.27. The molecular formula is C31H49F3InNO5. The zero-order valence-corrected chi connectivity index (χ0v) is 29.0. The Morgan fingerprint density at radius 3 is 2.29 bits per heavy atom. The molecule has 1 aromatic carbocycles. The van der Waals surface area contributed by atoms with Gasteiger partial charge in [0.15, 0.2) is 5.79 Å². The standard InChI is InChI=1S/C31H49F3NO5.In/c1-8-10-13-23(12-9-2)14-11-19-37-26-16-15-24(20-25(26)31(32,33)34)17-18-30(21-38-29(6,7)39-22-30)35-27(36)40-28(3,4)5;/h15-16,20,23H,2,8-14,17-19,21-22H2,1,3-7H3,(H,35,36);. The van der Waals surface area contributed by atoms with Crippen LogP contribution in [0.5, 0.6) is 5.75 Å². The Bertz CT molecular complexity index is 931. The van der Waals surface area contributed by atoms with Crippen LogP contribution in [0.1, 0.15) is 104 Å². The first-order chi connectivity index (χ1) is 19.1. The van der Waals surface area contributed by atoms with Crippen molar-refractivity contribution in [1.29, 1.82) is 0 Å². The number of alkyl carbamates (subject to hydrolysis) is 1. The van der Waals surface area contributed by atoms with Crippen LogP contribution in [0.3, 0.4) is 0 Å². The fourth-order valence-corrected chi connectivity index (χ4v) is 5.53. The fourth-order valence-electron chi connectivity index (χ4n) is 4.86. The molecule has 0 bridgehead atoms. The maximum absolute atomic E-state index is 14.0. The van der Waals surface area contributed by atoms with Crippen LogP contribution in [-0.4, -0.2) is 67.2 Å². The van der Waals surface area contributed by atoms with Gasteiger partial charge in [0, 0.05) is 0 Å². The maximum atomic E-state index is 14.0. The third kappa shape index (κ3) is 13.4. The van der Waals surface area contributed by atoms with E-state index in [0.717, 1.165) is 25.3 Å². The number of carbonyl (C=O) groups is 1. The van der Waals surface area contributed by atoms with Crippen molar-refractivity contribution in [2.45, 2.75) is 127 Å². The summed E-state index contributed by atoms with van der Waals surface area (Å²) in [5, 5.41) is 2.87. The van der Waals surface area contributed by atoms with E-state index in [9.17, 15) is 18.0 Å². The number of halogens is 3. The van der Waals surface area contributed by atoms with Gasteiger partial charge in [-0.1, -0.05) is 0 Å². The van der Waals surface area contributed by atoms with Gasteiger partial charge in [-0.25, -0.2) is 4.79 Å². The summed E-state index contributed by atoms with van der Waals surface area (Å²) in [6.07, 6.45) is 3.08. The van der Waals surface area contributed by atoms with Crippen LogP contribution in [0.25, 0.3) is 0 Å². The van der Waals surface area contributed by atoms with Crippen LogP contribution in [0.4, 0.5) is 18.0 Å². The summed E-state index contributed by atoms with van der Waals surface area (Å²) in [5.74, 6) is -0.344. The second-order valence-corrected chi connectivity index (χ2v) is 14.3. The number of rotatable bonds is 15. The van der Waals surface area contributed by atoms with Crippen LogP contribution in [0.15, 0.2) is 18.2 Å². The molecule has 0 aromatic heterocycles. The average Bonchev–Trinajstić information content (AvgIpc) is 2.87.